The van der Waals surface area contributed by atoms with E-state index in [9.17, 15) is 0 Å². The lowest BCUT2D eigenvalue weighted by atomic mass is 9.66. The molecule has 0 heteroatoms. The highest BCUT2D eigenvalue weighted by Crippen LogP contribution is 2.54. The van der Waals surface area contributed by atoms with E-state index in [0.29, 0.717) is 0 Å². The van der Waals surface area contributed by atoms with Crippen molar-refractivity contribution in [2.45, 2.75) is 19.3 Å². The van der Waals surface area contributed by atoms with Crippen molar-refractivity contribution in [1.29, 1.82) is 0 Å². The van der Waals surface area contributed by atoms with E-state index in [4.69, 9.17) is 0 Å². The van der Waals surface area contributed by atoms with Gasteiger partial charge in [0.15, 0.2) is 0 Å². The molecule has 0 radical (unpaired) electrons. The van der Waals surface area contributed by atoms with Gasteiger partial charge in [-0.3, -0.25) is 0 Å². The summed E-state index contributed by atoms with van der Waals surface area (Å²) in [6, 6.07) is 58.9. The zero-order valence-corrected chi connectivity index (χ0v) is 26.5. The standard InChI is InChI=1S/C47H32/c1-47(2)41-27-13-17-30-16-12-26-39(43(30)41)46-34-20-6-5-19-32(34)40(28-42(46)47)45-37-23-9-7-21-35(37)44(36-22-8-10-24-38(36)45)33-25-11-15-29-14-3-4-18-31(29)33/h3-28H,1-2H3. The van der Waals surface area contributed by atoms with Gasteiger partial charge in [-0.15, -0.1) is 0 Å². The molecule has 1 aliphatic carbocycles. The van der Waals surface area contributed by atoms with E-state index < -0.39 is 0 Å². The Morgan fingerprint density at radius 2 is 0.766 bits per heavy atom. The highest BCUT2D eigenvalue weighted by Gasteiger charge is 2.35. The molecule has 47 heavy (non-hydrogen) atoms. The van der Waals surface area contributed by atoms with E-state index in [0.717, 1.165) is 0 Å². The molecule has 220 valence electrons. The van der Waals surface area contributed by atoms with Gasteiger partial charge in [0.1, 0.15) is 0 Å². The second kappa shape index (κ2) is 9.64. The summed E-state index contributed by atoms with van der Waals surface area (Å²) in [6.07, 6.45) is 0. The molecule has 0 heterocycles. The molecule has 0 saturated heterocycles. The van der Waals surface area contributed by atoms with Crippen LogP contribution in [0.4, 0.5) is 0 Å². The largest absolute Gasteiger partial charge is 0.0616 e. The highest BCUT2D eigenvalue weighted by atomic mass is 14.4. The summed E-state index contributed by atoms with van der Waals surface area (Å²) in [5, 5.41) is 13.0. The Labute approximate surface area is 274 Å². The van der Waals surface area contributed by atoms with Gasteiger partial charge in [-0.1, -0.05) is 166 Å². The first-order valence-corrected chi connectivity index (χ1v) is 16.6. The quantitative estimate of drug-likeness (QED) is 0.174. The Balaban J connectivity index is 1.38. The zero-order valence-electron chi connectivity index (χ0n) is 26.5. The maximum atomic E-state index is 2.54. The lowest BCUT2D eigenvalue weighted by molar-refractivity contribution is 0.646. The summed E-state index contributed by atoms with van der Waals surface area (Å²) < 4.78 is 0. The smallest absolute Gasteiger partial charge is 0.0159 e. The van der Waals surface area contributed by atoms with E-state index in [2.05, 4.69) is 172 Å². The third kappa shape index (κ3) is 3.59. The van der Waals surface area contributed by atoms with Crippen molar-refractivity contribution < 1.29 is 0 Å². The van der Waals surface area contributed by atoms with Gasteiger partial charge in [-0.05, 0) is 104 Å². The summed E-state index contributed by atoms with van der Waals surface area (Å²) in [4.78, 5) is 0. The Morgan fingerprint density at radius 3 is 1.40 bits per heavy atom. The first-order valence-electron chi connectivity index (χ1n) is 16.6. The van der Waals surface area contributed by atoms with E-state index in [1.807, 2.05) is 0 Å². The minimum Gasteiger partial charge on any atom is -0.0616 e. The number of rotatable bonds is 2. The van der Waals surface area contributed by atoms with Crippen LogP contribution in [0.25, 0.3) is 87.2 Å². The van der Waals surface area contributed by atoms with Crippen LogP contribution >= 0.6 is 0 Å². The first kappa shape index (κ1) is 26.5. The predicted octanol–water partition coefficient (Wildman–Crippen LogP) is 13.1. The summed E-state index contributed by atoms with van der Waals surface area (Å²) in [5.41, 5.74) is 10.5. The van der Waals surface area contributed by atoms with E-state index >= 15 is 0 Å². The molecule has 0 saturated carbocycles. The van der Waals surface area contributed by atoms with Crippen LogP contribution in [-0.2, 0) is 5.41 Å². The molecule has 0 aliphatic heterocycles. The predicted molar refractivity (Wildman–Crippen MR) is 202 cm³/mol. The number of hydrogen-bond donors (Lipinski definition) is 0. The minimum atomic E-state index is -0.170. The third-order valence-corrected chi connectivity index (χ3v) is 10.8. The topological polar surface area (TPSA) is 0 Å². The minimum absolute atomic E-state index is 0.170. The van der Waals surface area contributed by atoms with Gasteiger partial charge in [0.05, 0.1) is 0 Å². The maximum Gasteiger partial charge on any atom is 0.0159 e. The summed E-state index contributed by atoms with van der Waals surface area (Å²) >= 11 is 0. The van der Waals surface area contributed by atoms with Gasteiger partial charge in [-0.25, -0.2) is 0 Å². The Bertz CT molecular complexity index is 2690. The van der Waals surface area contributed by atoms with Gasteiger partial charge < -0.3 is 0 Å². The van der Waals surface area contributed by atoms with Gasteiger partial charge in [0.2, 0.25) is 0 Å². The normalized spacial score (nSPS) is 13.5. The lowest BCUT2D eigenvalue weighted by Crippen LogP contribution is -2.24. The molecule has 0 fully saturated rings. The summed E-state index contributed by atoms with van der Waals surface area (Å²) in [6.45, 7) is 4.82. The Kier molecular flexibility index (Phi) is 5.44. The molecular weight excluding hydrogens is 565 g/mol. The summed E-state index contributed by atoms with van der Waals surface area (Å²) in [7, 11) is 0. The van der Waals surface area contributed by atoms with Crippen LogP contribution < -0.4 is 0 Å². The molecule has 0 N–H and O–H groups in total. The van der Waals surface area contributed by atoms with Crippen LogP contribution in [0.1, 0.15) is 25.0 Å². The molecule has 0 atom stereocenters. The molecule has 9 aromatic rings. The molecule has 1 aliphatic rings. The monoisotopic (exact) mass is 596 g/mol. The van der Waals surface area contributed by atoms with Crippen LogP contribution in [0.2, 0.25) is 0 Å². The van der Waals surface area contributed by atoms with Gasteiger partial charge in [0.25, 0.3) is 0 Å². The second-order valence-electron chi connectivity index (χ2n) is 13.6. The van der Waals surface area contributed by atoms with Crippen molar-refractivity contribution in [2.75, 3.05) is 0 Å². The molecule has 0 spiro atoms. The fourth-order valence-electron chi connectivity index (χ4n) is 8.73. The van der Waals surface area contributed by atoms with E-state index in [1.165, 1.54) is 98.4 Å². The fourth-order valence-corrected chi connectivity index (χ4v) is 8.73. The Hall–Kier alpha value is -5.72. The second-order valence-corrected chi connectivity index (χ2v) is 13.6. The Morgan fingerprint density at radius 1 is 0.319 bits per heavy atom. The van der Waals surface area contributed by atoms with Crippen molar-refractivity contribution >= 4 is 53.9 Å². The van der Waals surface area contributed by atoms with Crippen molar-refractivity contribution in [3.8, 4) is 33.4 Å². The van der Waals surface area contributed by atoms with Crippen LogP contribution in [0, 0.1) is 0 Å². The van der Waals surface area contributed by atoms with Crippen LogP contribution in [-0.4, -0.2) is 0 Å². The molecule has 9 aromatic carbocycles. The lowest BCUT2D eigenvalue weighted by Gasteiger charge is -2.36. The molecular formula is C47H32. The van der Waals surface area contributed by atoms with E-state index in [1.54, 1.807) is 0 Å². The van der Waals surface area contributed by atoms with Gasteiger partial charge >= 0.3 is 0 Å². The fraction of sp³-hybridized carbons (Fsp3) is 0.0638. The molecule has 0 amide bonds. The third-order valence-electron chi connectivity index (χ3n) is 10.8. The number of hydrogen-bond acceptors (Lipinski definition) is 0. The van der Waals surface area contributed by atoms with Crippen molar-refractivity contribution in [2.24, 2.45) is 0 Å². The van der Waals surface area contributed by atoms with Gasteiger partial charge in [0, 0.05) is 5.41 Å². The summed E-state index contributed by atoms with van der Waals surface area (Å²) in [5.74, 6) is 0. The average molecular weight is 597 g/mol. The highest BCUT2D eigenvalue weighted by molar-refractivity contribution is 6.26. The zero-order chi connectivity index (χ0) is 31.3. The van der Waals surface area contributed by atoms with Crippen molar-refractivity contribution in [1.82, 2.24) is 0 Å². The first-order chi connectivity index (χ1) is 23.1. The molecule has 0 unspecified atom stereocenters. The number of fused-ring (bicyclic) bond motifs is 7. The molecule has 0 aromatic heterocycles. The number of benzene rings is 9. The van der Waals surface area contributed by atoms with Crippen LogP contribution in [0.3, 0.4) is 0 Å². The molecule has 0 bridgehead atoms. The van der Waals surface area contributed by atoms with Crippen LogP contribution in [0.5, 0.6) is 0 Å². The van der Waals surface area contributed by atoms with E-state index in [-0.39, 0.29) is 5.41 Å². The van der Waals surface area contributed by atoms with Gasteiger partial charge in [-0.2, -0.15) is 0 Å². The maximum absolute atomic E-state index is 2.54. The SMILES string of the molecule is CC1(C)c2cc(-c3c4ccccc4c(-c4cccc5ccccc45)c4ccccc34)c3ccccc3c2-c2cccc3cccc1c23. The van der Waals surface area contributed by atoms with Crippen molar-refractivity contribution in [3.05, 3.63) is 169 Å². The average Bonchev–Trinajstić information content (AvgIpc) is 3.12. The van der Waals surface area contributed by atoms with Crippen molar-refractivity contribution in [3.63, 3.8) is 0 Å². The van der Waals surface area contributed by atoms with Crippen LogP contribution in [0.15, 0.2) is 158 Å². The molecule has 0 nitrogen and oxygen atoms in total. The molecule has 10 rings (SSSR count).